The quantitative estimate of drug-likeness (QED) is 0.631. The van der Waals surface area contributed by atoms with E-state index in [-0.39, 0.29) is 36.6 Å². The van der Waals surface area contributed by atoms with Gasteiger partial charge in [0.2, 0.25) is 11.8 Å². The Hall–Kier alpha value is -3.48. The highest BCUT2D eigenvalue weighted by atomic mass is 16.2. The number of likely N-dealkylation sites (N-methyl/N-ethyl adjacent to an activating group) is 1. The van der Waals surface area contributed by atoms with Gasteiger partial charge >= 0.3 is 0 Å². The molecule has 2 aromatic carbocycles. The third kappa shape index (κ3) is 4.82. The maximum atomic E-state index is 13.1. The second-order valence-corrected chi connectivity index (χ2v) is 7.46. The molecule has 0 aliphatic carbocycles. The van der Waals surface area contributed by atoms with E-state index < -0.39 is 6.04 Å². The van der Waals surface area contributed by atoms with E-state index >= 15 is 0 Å². The van der Waals surface area contributed by atoms with Gasteiger partial charge in [-0.2, -0.15) is 0 Å². The first-order valence-electron chi connectivity index (χ1n) is 10.5. The lowest BCUT2D eigenvalue weighted by Gasteiger charge is -2.30. The normalized spacial score (nSPS) is 13.7. The van der Waals surface area contributed by atoms with Crippen molar-refractivity contribution in [3.63, 3.8) is 0 Å². The Bertz CT molecular complexity index is 939. The second kappa shape index (κ2) is 10.0. The fourth-order valence-electron chi connectivity index (χ4n) is 3.84. The van der Waals surface area contributed by atoms with Gasteiger partial charge in [0, 0.05) is 26.6 Å². The maximum absolute atomic E-state index is 13.1. The van der Waals surface area contributed by atoms with Crippen molar-refractivity contribution in [3.8, 4) is 0 Å². The van der Waals surface area contributed by atoms with Gasteiger partial charge in [0.1, 0.15) is 6.04 Å². The minimum atomic E-state index is -0.586. The number of hydrogen-bond donors (Lipinski definition) is 1. The van der Waals surface area contributed by atoms with E-state index in [0.717, 1.165) is 5.56 Å². The zero-order chi connectivity index (χ0) is 22.4. The van der Waals surface area contributed by atoms with Crippen LogP contribution in [0.25, 0.3) is 0 Å². The molecule has 3 rings (SSSR count). The van der Waals surface area contributed by atoms with Crippen LogP contribution in [-0.2, 0) is 16.1 Å². The Labute approximate surface area is 182 Å². The summed E-state index contributed by atoms with van der Waals surface area (Å²) in [6, 6.07) is 15.6. The lowest BCUT2D eigenvalue weighted by molar-refractivity contribution is -0.141. The first kappa shape index (κ1) is 22.2. The molecule has 162 valence electrons. The maximum Gasteiger partial charge on any atom is 0.261 e. The molecule has 1 atom stereocenters. The van der Waals surface area contributed by atoms with Crippen LogP contribution in [0.15, 0.2) is 54.6 Å². The summed E-state index contributed by atoms with van der Waals surface area (Å²) >= 11 is 0. The number of amides is 4. The van der Waals surface area contributed by atoms with Gasteiger partial charge in [0.05, 0.1) is 11.1 Å². The Balaban J connectivity index is 1.67. The van der Waals surface area contributed by atoms with Crippen LogP contribution in [0.5, 0.6) is 0 Å². The number of rotatable bonds is 9. The van der Waals surface area contributed by atoms with Crippen molar-refractivity contribution in [1.82, 2.24) is 15.1 Å². The van der Waals surface area contributed by atoms with Crippen molar-refractivity contribution in [3.05, 3.63) is 71.3 Å². The molecule has 2 aromatic rings. The van der Waals surface area contributed by atoms with Gasteiger partial charge in [0.25, 0.3) is 11.8 Å². The van der Waals surface area contributed by atoms with Crippen LogP contribution in [0.2, 0.25) is 0 Å². The molecule has 7 heteroatoms. The van der Waals surface area contributed by atoms with E-state index in [0.29, 0.717) is 30.5 Å². The van der Waals surface area contributed by atoms with Crippen molar-refractivity contribution >= 4 is 23.6 Å². The van der Waals surface area contributed by atoms with Gasteiger partial charge in [0.15, 0.2) is 0 Å². The van der Waals surface area contributed by atoms with Gasteiger partial charge in [-0.05, 0) is 30.5 Å². The van der Waals surface area contributed by atoms with E-state index in [2.05, 4.69) is 5.32 Å². The molecule has 1 aliphatic rings. The van der Waals surface area contributed by atoms with E-state index in [4.69, 9.17) is 0 Å². The Morgan fingerprint density at radius 3 is 2.10 bits per heavy atom. The lowest BCUT2D eigenvalue weighted by atomic mass is 10.1. The summed E-state index contributed by atoms with van der Waals surface area (Å²) in [6.07, 6.45) is 0.949. The molecular formula is C24H27N3O4. The number of nitrogens with one attached hydrogen (secondary N) is 1. The highest BCUT2D eigenvalue weighted by Gasteiger charge is 2.35. The van der Waals surface area contributed by atoms with Crippen LogP contribution in [-0.4, -0.2) is 53.1 Å². The number of carbonyl (C=O) groups excluding carboxylic acids is 4. The molecule has 31 heavy (non-hydrogen) atoms. The van der Waals surface area contributed by atoms with E-state index in [1.165, 1.54) is 4.90 Å². The summed E-state index contributed by atoms with van der Waals surface area (Å²) in [5, 5.41) is 2.63. The molecule has 0 radical (unpaired) electrons. The number of nitrogens with zero attached hydrogens (tertiary/aromatic N) is 2. The monoisotopic (exact) mass is 421 g/mol. The van der Waals surface area contributed by atoms with Crippen molar-refractivity contribution in [2.24, 2.45) is 0 Å². The predicted octanol–water partition coefficient (Wildman–Crippen LogP) is 2.62. The molecule has 0 aromatic heterocycles. The molecule has 0 bridgehead atoms. The zero-order valence-electron chi connectivity index (χ0n) is 17.8. The van der Waals surface area contributed by atoms with Gasteiger partial charge < -0.3 is 10.2 Å². The molecule has 0 saturated heterocycles. The molecule has 7 nitrogen and oxygen atoms in total. The van der Waals surface area contributed by atoms with Gasteiger partial charge in [-0.25, -0.2) is 0 Å². The van der Waals surface area contributed by atoms with Gasteiger partial charge in [-0.3, -0.25) is 24.1 Å². The average molecular weight is 421 g/mol. The largest absolute Gasteiger partial charge is 0.357 e. The molecule has 0 unspecified atom stereocenters. The SMILES string of the molecule is CC[C@H](C(=O)NC)N(Cc1ccccc1)C(=O)CCCN1C(=O)c2ccccc2C1=O. The first-order chi connectivity index (χ1) is 15.0. The smallest absolute Gasteiger partial charge is 0.261 e. The molecular weight excluding hydrogens is 394 g/mol. The summed E-state index contributed by atoms with van der Waals surface area (Å²) in [5.74, 6) is -1.06. The van der Waals surface area contributed by atoms with Crippen LogP contribution in [0.1, 0.15) is 52.5 Å². The topological polar surface area (TPSA) is 86.8 Å². The second-order valence-electron chi connectivity index (χ2n) is 7.46. The molecule has 0 fully saturated rings. The molecule has 1 heterocycles. The summed E-state index contributed by atoms with van der Waals surface area (Å²) in [6.45, 7) is 2.34. The van der Waals surface area contributed by atoms with Crippen LogP contribution in [0.4, 0.5) is 0 Å². The van der Waals surface area contributed by atoms with E-state index in [9.17, 15) is 19.2 Å². The summed E-state index contributed by atoms with van der Waals surface area (Å²) in [5.41, 5.74) is 1.73. The predicted molar refractivity (Wildman–Crippen MR) is 116 cm³/mol. The fraction of sp³-hybridized carbons (Fsp3) is 0.333. The highest BCUT2D eigenvalue weighted by molar-refractivity contribution is 6.21. The standard InChI is InChI=1S/C24H27N3O4/c1-3-20(22(29)25-2)27(16-17-10-5-4-6-11-17)21(28)14-9-15-26-23(30)18-12-7-8-13-19(18)24(26)31/h4-8,10-13,20H,3,9,14-16H2,1-2H3,(H,25,29)/t20-/m1/s1. The molecule has 4 amide bonds. The number of hydrogen-bond acceptors (Lipinski definition) is 4. The van der Waals surface area contributed by atoms with Crippen LogP contribution >= 0.6 is 0 Å². The minimum Gasteiger partial charge on any atom is -0.357 e. The number of benzene rings is 2. The Kier molecular flexibility index (Phi) is 7.18. The Morgan fingerprint density at radius 2 is 1.55 bits per heavy atom. The van der Waals surface area contributed by atoms with Crippen LogP contribution in [0.3, 0.4) is 0 Å². The molecule has 1 aliphatic heterocycles. The zero-order valence-corrected chi connectivity index (χ0v) is 17.8. The summed E-state index contributed by atoms with van der Waals surface area (Å²) in [7, 11) is 1.55. The molecule has 0 saturated carbocycles. The van der Waals surface area contributed by atoms with Crippen molar-refractivity contribution in [2.45, 2.75) is 38.8 Å². The van der Waals surface area contributed by atoms with Crippen LogP contribution in [0, 0.1) is 0 Å². The fourth-order valence-corrected chi connectivity index (χ4v) is 3.84. The minimum absolute atomic E-state index is 0.133. The molecule has 0 spiro atoms. The summed E-state index contributed by atoms with van der Waals surface area (Å²) in [4.78, 5) is 53.2. The van der Waals surface area contributed by atoms with E-state index in [1.54, 1.807) is 36.2 Å². The lowest BCUT2D eigenvalue weighted by Crippen LogP contribution is -2.48. The number of imide groups is 1. The van der Waals surface area contributed by atoms with Crippen LogP contribution < -0.4 is 5.32 Å². The van der Waals surface area contributed by atoms with Gasteiger partial charge in [-0.15, -0.1) is 0 Å². The first-order valence-corrected chi connectivity index (χ1v) is 10.5. The summed E-state index contributed by atoms with van der Waals surface area (Å²) < 4.78 is 0. The Morgan fingerprint density at radius 1 is 0.968 bits per heavy atom. The third-order valence-corrected chi connectivity index (χ3v) is 5.48. The average Bonchev–Trinajstić information content (AvgIpc) is 3.04. The van der Waals surface area contributed by atoms with Crippen molar-refractivity contribution in [1.29, 1.82) is 0 Å². The van der Waals surface area contributed by atoms with E-state index in [1.807, 2.05) is 37.3 Å². The number of fused-ring (bicyclic) bond motifs is 1. The third-order valence-electron chi connectivity index (χ3n) is 5.48. The number of carbonyl (C=O) groups is 4. The highest BCUT2D eigenvalue weighted by Crippen LogP contribution is 2.23. The van der Waals surface area contributed by atoms with Gasteiger partial charge in [-0.1, -0.05) is 49.4 Å². The van der Waals surface area contributed by atoms with Crippen molar-refractivity contribution < 1.29 is 19.2 Å². The molecule has 1 N–H and O–H groups in total. The van der Waals surface area contributed by atoms with Crippen molar-refractivity contribution in [2.75, 3.05) is 13.6 Å².